The Morgan fingerprint density at radius 1 is 1.31 bits per heavy atom. The van der Waals surface area contributed by atoms with Gasteiger partial charge in [0.15, 0.2) is 0 Å². The van der Waals surface area contributed by atoms with Crippen LogP contribution in [-0.4, -0.2) is 61.4 Å². The number of nitrogens with one attached hydrogen (secondary N) is 1. The lowest BCUT2D eigenvalue weighted by atomic mass is 10.3. The minimum Gasteiger partial charge on any atom is -0.308 e. The first-order chi connectivity index (χ1) is 7.34. The van der Waals surface area contributed by atoms with E-state index in [0.717, 1.165) is 0 Å². The summed E-state index contributed by atoms with van der Waals surface area (Å²) in [6.45, 7) is 4.53. The Labute approximate surface area is 96.7 Å². The summed E-state index contributed by atoms with van der Waals surface area (Å²) in [4.78, 5) is 24.4. The number of carbonyl (C=O) groups is 2. The molecule has 1 atom stereocenters. The molecule has 0 heterocycles. The molecule has 0 unspecified atom stereocenters. The Morgan fingerprint density at radius 3 is 2.31 bits per heavy atom. The Bertz CT molecular complexity index is 243. The van der Waals surface area contributed by atoms with Crippen molar-refractivity contribution in [1.82, 2.24) is 15.2 Å². The number of ketones is 1. The van der Waals surface area contributed by atoms with Gasteiger partial charge in [-0.1, -0.05) is 0 Å². The maximum atomic E-state index is 11.7. The molecular formula is C10H22N4O2. The smallest absolute Gasteiger partial charge is 0.253 e. The number of carbonyl (C=O) groups excluding carboxylic acids is 2. The molecule has 3 N–H and O–H groups in total. The maximum Gasteiger partial charge on any atom is 0.253 e. The van der Waals surface area contributed by atoms with Crippen molar-refractivity contribution in [1.29, 1.82) is 0 Å². The molecule has 1 amide bonds. The average molecular weight is 230 g/mol. The standard InChI is InChI=1S/C10H22N4O2/c1-8(15)7-12-9(2)10(16)14(11)6-5-13(3)4/h9,12H,5-7,11H2,1-4H3/t9-/m0/s1. The van der Waals surface area contributed by atoms with Gasteiger partial charge in [0, 0.05) is 13.1 Å². The van der Waals surface area contributed by atoms with Crippen molar-refractivity contribution < 1.29 is 9.59 Å². The number of hydrogen-bond donors (Lipinski definition) is 2. The van der Waals surface area contributed by atoms with Crippen LogP contribution in [0.25, 0.3) is 0 Å². The number of rotatable bonds is 7. The highest BCUT2D eigenvalue weighted by Gasteiger charge is 2.17. The third-order valence-electron chi connectivity index (χ3n) is 2.10. The zero-order chi connectivity index (χ0) is 12.7. The molecule has 0 fully saturated rings. The van der Waals surface area contributed by atoms with Crippen molar-refractivity contribution in [3.63, 3.8) is 0 Å². The van der Waals surface area contributed by atoms with Crippen LogP contribution in [-0.2, 0) is 9.59 Å². The average Bonchev–Trinajstić information content (AvgIpc) is 2.21. The summed E-state index contributed by atoms with van der Waals surface area (Å²) >= 11 is 0. The van der Waals surface area contributed by atoms with Crippen LogP contribution in [0.2, 0.25) is 0 Å². The Morgan fingerprint density at radius 2 is 1.88 bits per heavy atom. The van der Waals surface area contributed by atoms with Crippen LogP contribution in [0.4, 0.5) is 0 Å². The lowest BCUT2D eigenvalue weighted by Gasteiger charge is -2.22. The Balaban J connectivity index is 3.96. The molecule has 0 aromatic rings. The number of amides is 1. The first-order valence-electron chi connectivity index (χ1n) is 5.28. The number of Topliss-reactive ketones (excluding diaryl/α,β-unsaturated/α-hetero) is 1. The largest absolute Gasteiger partial charge is 0.308 e. The molecule has 16 heavy (non-hydrogen) atoms. The molecule has 0 aromatic heterocycles. The van der Waals surface area contributed by atoms with Crippen molar-refractivity contribution >= 4 is 11.7 Å². The predicted molar refractivity (Wildman–Crippen MR) is 62.6 cm³/mol. The van der Waals surface area contributed by atoms with Crippen molar-refractivity contribution in [2.24, 2.45) is 5.84 Å². The van der Waals surface area contributed by atoms with E-state index in [9.17, 15) is 9.59 Å². The van der Waals surface area contributed by atoms with Crippen molar-refractivity contribution in [3.8, 4) is 0 Å². The number of hydrogen-bond acceptors (Lipinski definition) is 5. The number of likely N-dealkylation sites (N-methyl/N-ethyl adjacent to an activating group) is 1. The molecule has 0 aliphatic heterocycles. The fourth-order valence-electron chi connectivity index (χ4n) is 1.05. The minimum absolute atomic E-state index is 0.00323. The van der Waals surface area contributed by atoms with Gasteiger partial charge in [-0.3, -0.25) is 19.9 Å². The molecule has 0 saturated heterocycles. The quantitative estimate of drug-likeness (QED) is 0.327. The fraction of sp³-hybridized carbons (Fsp3) is 0.800. The molecule has 6 heteroatoms. The molecular weight excluding hydrogens is 208 g/mol. The van der Waals surface area contributed by atoms with Crippen LogP contribution in [0, 0.1) is 0 Å². The SMILES string of the molecule is CC(=O)CN[C@@H](C)C(=O)N(N)CCN(C)C. The summed E-state index contributed by atoms with van der Waals surface area (Å²) < 4.78 is 0. The summed E-state index contributed by atoms with van der Waals surface area (Å²) in [5, 5.41) is 3.99. The Kier molecular flexibility index (Phi) is 6.87. The van der Waals surface area contributed by atoms with Crippen LogP contribution in [0.5, 0.6) is 0 Å². The summed E-state index contributed by atoms with van der Waals surface area (Å²) in [5.41, 5.74) is 0. The normalized spacial score (nSPS) is 12.6. The Hall–Kier alpha value is -0.980. The van der Waals surface area contributed by atoms with Gasteiger partial charge in [0.05, 0.1) is 12.6 Å². The highest BCUT2D eigenvalue weighted by Crippen LogP contribution is 1.90. The number of nitrogens with zero attached hydrogens (tertiary/aromatic N) is 2. The van der Waals surface area contributed by atoms with Crippen LogP contribution in [0.15, 0.2) is 0 Å². The summed E-state index contributed by atoms with van der Waals surface area (Å²) in [7, 11) is 3.82. The molecule has 0 rings (SSSR count). The minimum atomic E-state index is -0.434. The van der Waals surface area contributed by atoms with Gasteiger partial charge >= 0.3 is 0 Å². The first kappa shape index (κ1) is 15.0. The monoisotopic (exact) mass is 230 g/mol. The van der Waals surface area contributed by atoms with Crippen LogP contribution in [0.3, 0.4) is 0 Å². The highest BCUT2D eigenvalue weighted by molar-refractivity contribution is 5.82. The van der Waals surface area contributed by atoms with Gasteiger partial charge < -0.3 is 4.90 Å². The third-order valence-corrected chi connectivity index (χ3v) is 2.10. The van der Waals surface area contributed by atoms with Crippen LogP contribution < -0.4 is 11.2 Å². The van der Waals surface area contributed by atoms with Crippen molar-refractivity contribution in [2.45, 2.75) is 19.9 Å². The molecule has 6 nitrogen and oxygen atoms in total. The van der Waals surface area contributed by atoms with E-state index >= 15 is 0 Å². The van der Waals surface area contributed by atoms with E-state index in [2.05, 4.69) is 5.32 Å². The molecule has 0 aromatic carbocycles. The topological polar surface area (TPSA) is 78.7 Å². The van der Waals surface area contributed by atoms with E-state index in [1.807, 2.05) is 19.0 Å². The van der Waals surface area contributed by atoms with E-state index in [4.69, 9.17) is 5.84 Å². The van der Waals surface area contributed by atoms with Gasteiger partial charge in [-0.25, -0.2) is 5.84 Å². The maximum absolute atomic E-state index is 11.7. The van der Waals surface area contributed by atoms with E-state index in [1.165, 1.54) is 11.9 Å². The van der Waals surface area contributed by atoms with Gasteiger partial charge in [-0.05, 0) is 27.9 Å². The van der Waals surface area contributed by atoms with Gasteiger partial charge in [-0.15, -0.1) is 0 Å². The van der Waals surface area contributed by atoms with Gasteiger partial charge in [0.2, 0.25) is 0 Å². The predicted octanol–water partition coefficient (Wildman–Crippen LogP) is -1.18. The van der Waals surface area contributed by atoms with E-state index in [-0.39, 0.29) is 18.2 Å². The summed E-state index contributed by atoms with van der Waals surface area (Å²) in [6, 6.07) is -0.434. The molecule has 0 aliphatic carbocycles. The lowest BCUT2D eigenvalue weighted by Crippen LogP contribution is -2.50. The fourth-order valence-corrected chi connectivity index (χ4v) is 1.05. The lowest BCUT2D eigenvalue weighted by molar-refractivity contribution is -0.133. The van der Waals surface area contributed by atoms with Gasteiger partial charge in [0.25, 0.3) is 5.91 Å². The second kappa shape index (κ2) is 7.32. The molecule has 0 aliphatic rings. The summed E-state index contributed by atoms with van der Waals surface area (Å²) in [6.07, 6.45) is 0. The molecule has 0 saturated carbocycles. The van der Waals surface area contributed by atoms with E-state index in [1.54, 1.807) is 6.92 Å². The third kappa shape index (κ3) is 6.49. The van der Waals surface area contributed by atoms with Gasteiger partial charge in [-0.2, -0.15) is 0 Å². The molecule has 0 radical (unpaired) electrons. The number of hydrazine groups is 1. The number of nitrogens with two attached hydrogens (primary N) is 1. The first-order valence-corrected chi connectivity index (χ1v) is 5.28. The van der Waals surface area contributed by atoms with Crippen LogP contribution >= 0.6 is 0 Å². The zero-order valence-electron chi connectivity index (χ0n) is 10.5. The second-order valence-corrected chi connectivity index (χ2v) is 4.14. The van der Waals surface area contributed by atoms with Crippen molar-refractivity contribution in [2.75, 3.05) is 33.7 Å². The van der Waals surface area contributed by atoms with Gasteiger partial charge in [0.1, 0.15) is 5.78 Å². The zero-order valence-corrected chi connectivity index (χ0v) is 10.5. The molecule has 94 valence electrons. The highest BCUT2D eigenvalue weighted by atomic mass is 16.2. The molecule has 0 spiro atoms. The summed E-state index contributed by atoms with van der Waals surface area (Å²) in [5.74, 6) is 5.40. The van der Waals surface area contributed by atoms with E-state index in [0.29, 0.717) is 13.1 Å². The van der Waals surface area contributed by atoms with Crippen molar-refractivity contribution in [3.05, 3.63) is 0 Å². The van der Waals surface area contributed by atoms with E-state index < -0.39 is 6.04 Å². The second-order valence-electron chi connectivity index (χ2n) is 4.14. The van der Waals surface area contributed by atoms with Crippen LogP contribution in [0.1, 0.15) is 13.8 Å². The molecule has 0 bridgehead atoms.